The summed E-state index contributed by atoms with van der Waals surface area (Å²) >= 11 is 12.8. The van der Waals surface area contributed by atoms with E-state index in [1.165, 1.54) is 4.68 Å². The first-order valence-electron chi connectivity index (χ1n) is 7.93. The summed E-state index contributed by atoms with van der Waals surface area (Å²) in [5.74, 6) is 0.140. The van der Waals surface area contributed by atoms with Gasteiger partial charge in [-0.2, -0.15) is 9.67 Å². The molecule has 0 saturated carbocycles. The summed E-state index contributed by atoms with van der Waals surface area (Å²) in [4.78, 5) is 4.08. The quantitative estimate of drug-likeness (QED) is 0.659. The van der Waals surface area contributed by atoms with Gasteiger partial charge >= 0.3 is 0 Å². The molecule has 7 nitrogen and oxygen atoms in total. The second-order valence-corrected chi connectivity index (χ2v) is 9.46. The number of anilines is 2. The Morgan fingerprint density at radius 1 is 1.04 bits per heavy atom. The van der Waals surface area contributed by atoms with Gasteiger partial charge in [0.25, 0.3) is 0 Å². The third-order valence-electron chi connectivity index (χ3n) is 4.01. The summed E-state index contributed by atoms with van der Waals surface area (Å²) in [7, 11) is -3.35. The molecule has 0 atom stereocenters. The van der Waals surface area contributed by atoms with Crippen LogP contribution >= 0.6 is 23.2 Å². The number of nitrogens with zero attached hydrogens (tertiary/aromatic N) is 3. The fourth-order valence-electron chi connectivity index (χ4n) is 2.57. The fraction of sp³-hybridized carbons (Fsp3) is 0.176. The number of benzene rings is 2. The molecule has 0 aliphatic carbocycles. The van der Waals surface area contributed by atoms with E-state index in [0.717, 1.165) is 0 Å². The number of hydrogen-bond donors (Lipinski definition) is 2. The summed E-state index contributed by atoms with van der Waals surface area (Å²) in [6.07, 6.45) is 0. The Morgan fingerprint density at radius 3 is 2.04 bits per heavy atom. The molecule has 10 heteroatoms. The van der Waals surface area contributed by atoms with Crippen LogP contribution in [-0.4, -0.2) is 28.4 Å². The van der Waals surface area contributed by atoms with Gasteiger partial charge in [-0.05, 0) is 43.7 Å². The van der Waals surface area contributed by atoms with Crippen molar-refractivity contribution < 1.29 is 8.42 Å². The van der Waals surface area contributed by atoms with Gasteiger partial charge in [0, 0.05) is 5.56 Å². The van der Waals surface area contributed by atoms with Crippen molar-refractivity contribution in [2.24, 2.45) is 0 Å². The van der Waals surface area contributed by atoms with Crippen LogP contribution in [0.25, 0.3) is 16.8 Å². The van der Waals surface area contributed by atoms with Crippen molar-refractivity contribution in [3.63, 3.8) is 0 Å². The van der Waals surface area contributed by atoms with Gasteiger partial charge < -0.3 is 11.5 Å². The molecule has 1 heterocycles. The zero-order valence-corrected chi connectivity index (χ0v) is 16.8. The molecule has 4 N–H and O–H groups in total. The van der Waals surface area contributed by atoms with Crippen molar-refractivity contribution in [1.82, 2.24) is 14.8 Å². The first-order chi connectivity index (χ1) is 12.6. The number of rotatable bonds is 4. The zero-order chi connectivity index (χ0) is 19.9. The topological polar surface area (TPSA) is 117 Å². The molecule has 0 fully saturated rings. The average Bonchev–Trinajstić information content (AvgIpc) is 2.93. The predicted octanol–water partition coefficient (Wildman–Crippen LogP) is 3.59. The Labute approximate surface area is 166 Å². The first kappa shape index (κ1) is 19.5. The SMILES string of the molecule is CC(C)S(=O)(=O)c1ccc(-c2c(Cl)cc(-n3nc(N)nc3N)cc2Cl)cc1. The zero-order valence-electron chi connectivity index (χ0n) is 14.5. The third kappa shape index (κ3) is 3.60. The van der Waals surface area contributed by atoms with E-state index in [2.05, 4.69) is 10.1 Å². The molecule has 3 aromatic rings. The fourth-order valence-corrected chi connectivity index (χ4v) is 4.33. The van der Waals surface area contributed by atoms with Crippen molar-refractivity contribution in [2.75, 3.05) is 11.5 Å². The molecule has 3 rings (SSSR count). The Hall–Kier alpha value is -2.29. The molecule has 0 spiro atoms. The van der Waals surface area contributed by atoms with E-state index in [0.29, 0.717) is 26.9 Å². The van der Waals surface area contributed by atoms with Gasteiger partial charge in [0.1, 0.15) is 0 Å². The van der Waals surface area contributed by atoms with E-state index in [1.54, 1.807) is 50.2 Å². The van der Waals surface area contributed by atoms with Crippen molar-refractivity contribution >= 4 is 44.9 Å². The summed E-state index contributed by atoms with van der Waals surface area (Å²) in [5.41, 5.74) is 13.1. The van der Waals surface area contributed by atoms with Crippen LogP contribution in [0.2, 0.25) is 10.0 Å². The molecule has 27 heavy (non-hydrogen) atoms. The standard InChI is InChI=1S/C17H17Cl2N5O2S/c1-9(2)27(25,26)12-5-3-10(4-6-12)15-13(18)7-11(8-14(15)19)24-17(21)22-16(20)23-24/h3-9H,1-2H3,(H4,20,21,22,23). The largest absolute Gasteiger partial charge is 0.368 e. The normalized spacial score (nSPS) is 11.9. The minimum absolute atomic E-state index is 0.0331. The molecule has 0 amide bonds. The monoisotopic (exact) mass is 425 g/mol. The second kappa shape index (κ2) is 7.03. The van der Waals surface area contributed by atoms with E-state index in [4.69, 9.17) is 34.7 Å². The minimum Gasteiger partial charge on any atom is -0.368 e. The molecular weight excluding hydrogens is 409 g/mol. The van der Waals surface area contributed by atoms with E-state index in [-0.39, 0.29) is 16.8 Å². The highest BCUT2D eigenvalue weighted by Gasteiger charge is 2.20. The van der Waals surface area contributed by atoms with Crippen LogP contribution in [0.4, 0.5) is 11.9 Å². The van der Waals surface area contributed by atoms with E-state index < -0.39 is 15.1 Å². The predicted molar refractivity (Wildman–Crippen MR) is 108 cm³/mol. The van der Waals surface area contributed by atoms with E-state index in [9.17, 15) is 8.42 Å². The molecule has 142 valence electrons. The van der Waals surface area contributed by atoms with E-state index in [1.807, 2.05) is 0 Å². The molecule has 2 aromatic carbocycles. The molecule has 0 aliphatic heterocycles. The highest BCUT2D eigenvalue weighted by molar-refractivity contribution is 7.92. The number of halogens is 2. The van der Waals surface area contributed by atoms with Gasteiger partial charge in [-0.3, -0.25) is 0 Å². The molecule has 0 saturated heterocycles. The molecule has 1 aromatic heterocycles. The Balaban J connectivity index is 2.04. The number of sulfone groups is 1. The maximum Gasteiger partial charge on any atom is 0.241 e. The Morgan fingerprint density at radius 2 is 1.59 bits per heavy atom. The number of aromatic nitrogens is 3. The van der Waals surface area contributed by atoms with Crippen molar-refractivity contribution in [3.8, 4) is 16.8 Å². The van der Waals surface area contributed by atoms with Crippen LogP contribution in [0.15, 0.2) is 41.3 Å². The van der Waals surface area contributed by atoms with Crippen molar-refractivity contribution in [2.45, 2.75) is 24.0 Å². The smallest absolute Gasteiger partial charge is 0.241 e. The third-order valence-corrected chi connectivity index (χ3v) is 6.78. The van der Waals surface area contributed by atoms with Crippen LogP contribution < -0.4 is 11.5 Å². The second-order valence-electron chi connectivity index (χ2n) is 6.14. The van der Waals surface area contributed by atoms with Crippen LogP contribution in [-0.2, 0) is 9.84 Å². The lowest BCUT2D eigenvalue weighted by Gasteiger charge is -2.12. The van der Waals surface area contributed by atoms with Crippen LogP contribution in [0.3, 0.4) is 0 Å². The van der Waals surface area contributed by atoms with Crippen LogP contribution in [0.1, 0.15) is 13.8 Å². The van der Waals surface area contributed by atoms with Gasteiger partial charge in [-0.15, -0.1) is 5.10 Å². The van der Waals surface area contributed by atoms with Gasteiger partial charge in [0.2, 0.25) is 11.9 Å². The van der Waals surface area contributed by atoms with Gasteiger partial charge in [-0.1, -0.05) is 35.3 Å². The van der Waals surface area contributed by atoms with Gasteiger partial charge in [0.05, 0.1) is 25.9 Å². The van der Waals surface area contributed by atoms with Crippen LogP contribution in [0.5, 0.6) is 0 Å². The van der Waals surface area contributed by atoms with Gasteiger partial charge in [0.15, 0.2) is 9.84 Å². The summed E-state index contributed by atoms with van der Waals surface area (Å²) < 4.78 is 25.8. The molecule has 0 unspecified atom stereocenters. The summed E-state index contributed by atoms with van der Waals surface area (Å²) in [6, 6.07) is 9.69. The highest BCUT2D eigenvalue weighted by Crippen LogP contribution is 2.37. The average molecular weight is 426 g/mol. The highest BCUT2D eigenvalue weighted by atomic mass is 35.5. The number of hydrogen-bond acceptors (Lipinski definition) is 6. The molecule has 0 radical (unpaired) electrons. The maximum atomic E-state index is 12.3. The lowest BCUT2D eigenvalue weighted by Crippen LogP contribution is -2.13. The number of nitrogens with two attached hydrogens (primary N) is 2. The van der Waals surface area contributed by atoms with Crippen LogP contribution in [0, 0.1) is 0 Å². The molecule has 0 aliphatic rings. The Bertz CT molecular complexity index is 1090. The van der Waals surface area contributed by atoms with Gasteiger partial charge in [-0.25, -0.2) is 8.42 Å². The lowest BCUT2D eigenvalue weighted by molar-refractivity contribution is 0.587. The number of nitrogen functional groups attached to an aromatic ring is 2. The Kier molecular flexibility index (Phi) is 5.07. The summed E-state index contributed by atoms with van der Waals surface area (Å²) in [5, 5.41) is 4.19. The van der Waals surface area contributed by atoms with Crippen molar-refractivity contribution in [1.29, 1.82) is 0 Å². The maximum absolute atomic E-state index is 12.3. The molecular formula is C17H17Cl2N5O2S. The first-order valence-corrected chi connectivity index (χ1v) is 10.2. The van der Waals surface area contributed by atoms with Crippen molar-refractivity contribution in [3.05, 3.63) is 46.4 Å². The summed E-state index contributed by atoms with van der Waals surface area (Å²) in [6.45, 7) is 3.27. The minimum atomic E-state index is -3.35. The molecule has 0 bridgehead atoms. The lowest BCUT2D eigenvalue weighted by atomic mass is 10.1. The van der Waals surface area contributed by atoms with E-state index >= 15 is 0 Å².